The van der Waals surface area contributed by atoms with Crippen LogP contribution >= 0.6 is 0 Å². The quantitative estimate of drug-likeness (QED) is 0.624. The first-order chi connectivity index (χ1) is 14.9. The lowest BCUT2D eigenvalue weighted by Crippen LogP contribution is -2.33. The molecule has 9 heteroatoms. The smallest absolute Gasteiger partial charge is 0.245 e. The van der Waals surface area contributed by atoms with Crippen LogP contribution in [-0.2, 0) is 11.3 Å². The minimum atomic E-state index is -0.0955. The molecule has 2 atom stereocenters. The van der Waals surface area contributed by atoms with E-state index < -0.39 is 0 Å². The van der Waals surface area contributed by atoms with E-state index in [1.807, 2.05) is 23.3 Å². The molecule has 9 nitrogen and oxygen atoms in total. The van der Waals surface area contributed by atoms with Gasteiger partial charge in [-0.2, -0.15) is 4.98 Å². The summed E-state index contributed by atoms with van der Waals surface area (Å²) in [5.41, 5.74) is 2.29. The van der Waals surface area contributed by atoms with Crippen molar-refractivity contribution in [2.75, 3.05) is 13.1 Å². The van der Waals surface area contributed by atoms with Crippen molar-refractivity contribution in [3.63, 3.8) is 0 Å². The van der Waals surface area contributed by atoms with Crippen molar-refractivity contribution in [1.29, 1.82) is 0 Å². The number of nitrogens with zero attached hydrogens (tertiary/aromatic N) is 7. The van der Waals surface area contributed by atoms with E-state index >= 15 is 0 Å². The molecule has 0 aromatic carbocycles. The molecule has 2 aliphatic rings. The van der Waals surface area contributed by atoms with E-state index in [0.717, 1.165) is 30.8 Å². The fourth-order valence-electron chi connectivity index (χ4n) is 4.32. The van der Waals surface area contributed by atoms with Crippen molar-refractivity contribution in [3.05, 3.63) is 24.5 Å². The third-order valence-corrected chi connectivity index (χ3v) is 6.40. The Morgan fingerprint density at radius 2 is 1.97 bits per heavy atom. The Morgan fingerprint density at radius 1 is 1.23 bits per heavy atom. The summed E-state index contributed by atoms with van der Waals surface area (Å²) in [4.78, 5) is 36.8. The van der Waals surface area contributed by atoms with Crippen LogP contribution in [0.4, 0.5) is 0 Å². The Hall–Kier alpha value is -3.10. The minimum absolute atomic E-state index is 0.0955. The number of hydrogen-bond acceptors (Lipinski definition) is 7. The average molecular weight is 422 g/mol. The number of rotatable bonds is 5. The zero-order valence-corrected chi connectivity index (χ0v) is 18.4. The Morgan fingerprint density at radius 3 is 2.65 bits per heavy atom. The van der Waals surface area contributed by atoms with Gasteiger partial charge in [-0.05, 0) is 25.7 Å². The molecule has 1 aliphatic carbocycles. The number of amides is 1. The average Bonchev–Trinajstić information content (AvgIpc) is 3.10. The Balaban J connectivity index is 1.39. The fraction of sp³-hybridized carbons (Fsp3) is 0.545. The molecule has 3 aromatic heterocycles. The predicted molar refractivity (Wildman–Crippen MR) is 114 cm³/mol. The number of aryl methyl sites for hydroxylation is 2. The lowest BCUT2D eigenvalue weighted by atomic mass is 10.1. The van der Waals surface area contributed by atoms with Crippen molar-refractivity contribution in [2.45, 2.75) is 53.2 Å². The summed E-state index contributed by atoms with van der Waals surface area (Å²) in [6.07, 6.45) is 6.71. The third kappa shape index (κ3) is 3.51. The Bertz CT molecular complexity index is 1140. The van der Waals surface area contributed by atoms with Crippen LogP contribution in [0.1, 0.15) is 39.4 Å². The van der Waals surface area contributed by atoms with Gasteiger partial charge in [0, 0.05) is 37.8 Å². The van der Waals surface area contributed by atoms with E-state index in [2.05, 4.69) is 33.8 Å². The summed E-state index contributed by atoms with van der Waals surface area (Å²) in [7, 11) is 0. The lowest BCUT2D eigenvalue weighted by molar-refractivity contribution is -0.132. The molecule has 0 bridgehead atoms. The second-order valence-corrected chi connectivity index (χ2v) is 9.11. The molecule has 4 heterocycles. The molecule has 5 rings (SSSR count). The summed E-state index contributed by atoms with van der Waals surface area (Å²) < 4.78 is 8.25. The van der Waals surface area contributed by atoms with Gasteiger partial charge in [0.2, 0.25) is 11.8 Å². The number of carbonyl (C=O) groups excluding carboxylic acids is 1. The Labute approximate surface area is 180 Å². The molecule has 1 aliphatic heterocycles. The molecule has 31 heavy (non-hydrogen) atoms. The maximum absolute atomic E-state index is 12.7. The molecule has 1 unspecified atom stereocenters. The highest BCUT2D eigenvalue weighted by Gasteiger charge is 2.52. The SMILES string of the molecule is CCn1c(-c2cnc(C)nc2)nc2c(O[C@H]3CCN(C(=O)C4CC4(C)C)C3)ncnc21. The van der Waals surface area contributed by atoms with Gasteiger partial charge in [-0.1, -0.05) is 13.8 Å². The van der Waals surface area contributed by atoms with Gasteiger partial charge < -0.3 is 14.2 Å². The number of likely N-dealkylation sites (tertiary alicyclic amines) is 1. The normalized spacial score (nSPS) is 22.1. The summed E-state index contributed by atoms with van der Waals surface area (Å²) in [6.45, 7) is 10.2. The first-order valence-corrected chi connectivity index (χ1v) is 10.8. The summed E-state index contributed by atoms with van der Waals surface area (Å²) in [5.74, 6) is 2.30. The van der Waals surface area contributed by atoms with Crippen LogP contribution in [0.15, 0.2) is 18.7 Å². The zero-order chi connectivity index (χ0) is 21.8. The van der Waals surface area contributed by atoms with Gasteiger partial charge >= 0.3 is 0 Å². The predicted octanol–water partition coefficient (Wildman–Crippen LogP) is 2.64. The summed E-state index contributed by atoms with van der Waals surface area (Å²) >= 11 is 0. The first-order valence-electron chi connectivity index (χ1n) is 10.8. The third-order valence-electron chi connectivity index (χ3n) is 6.40. The van der Waals surface area contributed by atoms with E-state index in [0.29, 0.717) is 36.0 Å². The van der Waals surface area contributed by atoms with Crippen LogP contribution in [0.5, 0.6) is 5.88 Å². The molecule has 1 amide bonds. The van der Waals surface area contributed by atoms with Gasteiger partial charge in [0.15, 0.2) is 11.2 Å². The molecule has 1 saturated carbocycles. The van der Waals surface area contributed by atoms with Crippen molar-refractivity contribution in [2.24, 2.45) is 11.3 Å². The van der Waals surface area contributed by atoms with Gasteiger partial charge in [0.1, 0.15) is 24.1 Å². The van der Waals surface area contributed by atoms with Gasteiger partial charge in [-0.15, -0.1) is 0 Å². The number of hydrogen-bond donors (Lipinski definition) is 0. The molecule has 162 valence electrons. The van der Waals surface area contributed by atoms with Crippen LogP contribution < -0.4 is 4.74 Å². The van der Waals surface area contributed by atoms with E-state index in [1.54, 1.807) is 12.4 Å². The Kier molecular flexibility index (Phi) is 4.64. The van der Waals surface area contributed by atoms with Crippen LogP contribution in [-0.4, -0.2) is 59.5 Å². The molecule has 2 fully saturated rings. The van der Waals surface area contributed by atoms with Crippen molar-refractivity contribution in [1.82, 2.24) is 34.4 Å². The molecule has 0 spiro atoms. The van der Waals surface area contributed by atoms with Crippen LogP contribution in [0.25, 0.3) is 22.6 Å². The molecule has 0 N–H and O–H groups in total. The highest BCUT2D eigenvalue weighted by Crippen LogP contribution is 2.52. The maximum Gasteiger partial charge on any atom is 0.245 e. The molecule has 1 saturated heterocycles. The minimum Gasteiger partial charge on any atom is -0.471 e. The number of ether oxygens (including phenoxy) is 1. The zero-order valence-electron chi connectivity index (χ0n) is 18.4. The lowest BCUT2D eigenvalue weighted by Gasteiger charge is -2.18. The maximum atomic E-state index is 12.7. The monoisotopic (exact) mass is 421 g/mol. The molecule has 0 radical (unpaired) electrons. The standard InChI is InChI=1S/C22H27N7O2/c1-5-29-18(14-9-23-13(2)24-10-14)27-17-19(29)25-12-26-20(17)31-15-6-7-28(11-15)21(30)16-8-22(16,3)4/h9-10,12,15-16H,5-8,11H2,1-4H3/t15-,16?/m0/s1. The van der Waals surface area contributed by atoms with E-state index in [4.69, 9.17) is 9.72 Å². The van der Waals surface area contributed by atoms with Crippen molar-refractivity contribution in [3.8, 4) is 17.3 Å². The van der Waals surface area contributed by atoms with Crippen molar-refractivity contribution >= 4 is 17.1 Å². The van der Waals surface area contributed by atoms with Crippen LogP contribution in [0.3, 0.4) is 0 Å². The second-order valence-electron chi connectivity index (χ2n) is 9.11. The van der Waals surface area contributed by atoms with Crippen molar-refractivity contribution < 1.29 is 9.53 Å². The topological polar surface area (TPSA) is 98.9 Å². The molecular formula is C22H27N7O2. The first kappa shape index (κ1) is 19.8. The molecule has 3 aromatic rings. The van der Waals surface area contributed by atoms with Crippen LogP contribution in [0.2, 0.25) is 0 Å². The highest BCUT2D eigenvalue weighted by molar-refractivity contribution is 5.83. The van der Waals surface area contributed by atoms with E-state index in [-0.39, 0.29) is 23.3 Å². The van der Waals surface area contributed by atoms with E-state index in [1.165, 1.54) is 6.33 Å². The number of aromatic nitrogens is 6. The molecular weight excluding hydrogens is 394 g/mol. The number of fused-ring (bicyclic) bond motifs is 1. The largest absolute Gasteiger partial charge is 0.471 e. The van der Waals surface area contributed by atoms with Gasteiger partial charge in [0.25, 0.3) is 0 Å². The van der Waals surface area contributed by atoms with Crippen LogP contribution in [0, 0.1) is 18.3 Å². The second kappa shape index (κ2) is 7.25. The number of carbonyl (C=O) groups is 1. The van der Waals surface area contributed by atoms with Gasteiger partial charge in [0.05, 0.1) is 12.1 Å². The van der Waals surface area contributed by atoms with E-state index in [9.17, 15) is 4.79 Å². The summed E-state index contributed by atoms with van der Waals surface area (Å²) in [5, 5.41) is 0. The number of imidazole rings is 1. The highest BCUT2D eigenvalue weighted by atomic mass is 16.5. The fourth-order valence-corrected chi connectivity index (χ4v) is 4.32. The van der Waals surface area contributed by atoms with Gasteiger partial charge in [-0.3, -0.25) is 4.79 Å². The van der Waals surface area contributed by atoms with Gasteiger partial charge in [-0.25, -0.2) is 19.9 Å². The summed E-state index contributed by atoms with van der Waals surface area (Å²) in [6, 6.07) is 0.